The number of fused-ring (bicyclic) bond motifs is 3. The number of amides is 1. The van der Waals surface area contributed by atoms with E-state index in [-0.39, 0.29) is 23.3 Å². The Morgan fingerprint density at radius 3 is 2.43 bits per heavy atom. The largest absolute Gasteiger partial charge is 0.511 e. The summed E-state index contributed by atoms with van der Waals surface area (Å²) in [7, 11) is 5.39. The van der Waals surface area contributed by atoms with Gasteiger partial charge < -0.3 is 36.2 Å². The van der Waals surface area contributed by atoms with Crippen LogP contribution in [-0.4, -0.2) is 86.5 Å². The Morgan fingerprint density at radius 1 is 1.07 bits per heavy atom. The number of ketones is 1. The van der Waals surface area contributed by atoms with Gasteiger partial charge in [0.1, 0.15) is 22.8 Å². The molecule has 3 aliphatic rings. The van der Waals surface area contributed by atoms with Gasteiger partial charge in [0.25, 0.3) is 5.91 Å². The molecule has 0 aliphatic heterocycles. The molecule has 2 aromatic carbocycles. The minimum absolute atomic E-state index is 0.0265. The van der Waals surface area contributed by atoms with Crippen molar-refractivity contribution in [2.75, 3.05) is 27.7 Å². The molecule has 0 spiro atoms. The number of hydrogen-bond acceptors (Lipinski definition) is 9. The zero-order valence-corrected chi connectivity index (χ0v) is 24.3. The molecule has 0 saturated heterocycles. The van der Waals surface area contributed by atoms with Crippen molar-refractivity contribution in [2.45, 2.75) is 44.6 Å². The molecule has 224 valence electrons. The SMILES string of the molecule is CCCN(C)Cc1cccc(-c2ccc(O)c3c2CC2CC4C(C(O)=C2C3=O)C(O)(O)C(C(N)=O)=C(O)[C@H]4N(C)C)c1. The van der Waals surface area contributed by atoms with Crippen LogP contribution in [0, 0.1) is 17.8 Å². The number of aliphatic hydroxyl groups is 4. The summed E-state index contributed by atoms with van der Waals surface area (Å²) >= 11 is 0. The molecule has 0 heterocycles. The lowest BCUT2D eigenvalue weighted by Crippen LogP contribution is -2.60. The maximum Gasteiger partial charge on any atom is 0.253 e. The van der Waals surface area contributed by atoms with E-state index in [0.717, 1.165) is 36.2 Å². The number of carbonyl (C=O) groups is 2. The van der Waals surface area contributed by atoms with Gasteiger partial charge in [-0.15, -0.1) is 0 Å². The molecule has 0 bridgehead atoms. The number of aliphatic hydroxyl groups excluding tert-OH is 2. The van der Waals surface area contributed by atoms with Gasteiger partial charge in [-0.25, -0.2) is 0 Å². The number of phenolic OH excluding ortho intramolecular Hbond substituents is 1. The molecule has 10 nitrogen and oxygen atoms in total. The fraction of sp³-hybridized carbons (Fsp3) is 0.438. The standard InChI is InChI=1S/C32H39N3O7/c1-5-11-35(4)15-16-7-6-8-17(12-16)19-9-10-22(36)24-20(19)13-18-14-21-25(29(38)23(18)28(24)37)32(41,42)26(31(33)40)30(39)27(21)34(2)3/h6-10,12,18,21,25,27,36,38-39,41-42H,5,11,13-15H2,1-4H3,(H2,33,40)/t18?,21?,25?,27-/m0/s1. The predicted molar refractivity (Wildman–Crippen MR) is 156 cm³/mol. The Bertz CT molecular complexity index is 1510. The van der Waals surface area contributed by atoms with Gasteiger partial charge in [-0.05, 0) is 93.2 Å². The average Bonchev–Trinajstić information content (AvgIpc) is 2.87. The van der Waals surface area contributed by atoms with Crippen LogP contribution in [0.4, 0.5) is 0 Å². The molecule has 0 radical (unpaired) electrons. The second kappa shape index (κ2) is 10.9. The van der Waals surface area contributed by atoms with Crippen LogP contribution >= 0.6 is 0 Å². The summed E-state index contributed by atoms with van der Waals surface area (Å²) in [6.07, 6.45) is 1.54. The van der Waals surface area contributed by atoms with Crippen LogP contribution in [0.2, 0.25) is 0 Å². The number of hydrogen-bond donors (Lipinski definition) is 6. The van der Waals surface area contributed by atoms with E-state index in [1.54, 1.807) is 25.1 Å². The molecule has 0 fully saturated rings. The number of benzene rings is 2. The van der Waals surface area contributed by atoms with E-state index < -0.39 is 58.4 Å². The fourth-order valence-electron chi connectivity index (χ4n) is 7.44. The number of allylic oxidation sites excluding steroid dienone is 1. The molecule has 0 saturated carbocycles. The topological polar surface area (TPSA) is 168 Å². The number of rotatable bonds is 7. The molecular formula is C32H39N3O7. The van der Waals surface area contributed by atoms with Crippen molar-refractivity contribution >= 4 is 11.7 Å². The first-order chi connectivity index (χ1) is 19.8. The highest BCUT2D eigenvalue weighted by Crippen LogP contribution is 2.54. The maximum atomic E-state index is 14.0. The Balaban J connectivity index is 1.63. The normalized spacial score (nSPS) is 25.0. The highest BCUT2D eigenvalue weighted by molar-refractivity contribution is 6.14. The third kappa shape index (κ3) is 4.68. The van der Waals surface area contributed by atoms with Gasteiger partial charge in [0.05, 0.1) is 17.5 Å². The first-order valence-electron chi connectivity index (χ1n) is 14.2. The third-order valence-electron chi connectivity index (χ3n) is 9.02. The Kier molecular flexibility index (Phi) is 7.69. The summed E-state index contributed by atoms with van der Waals surface area (Å²) in [4.78, 5) is 30.1. The average molecular weight is 578 g/mol. The Morgan fingerprint density at radius 2 is 1.79 bits per heavy atom. The summed E-state index contributed by atoms with van der Waals surface area (Å²) in [6.45, 7) is 3.84. The van der Waals surface area contributed by atoms with Crippen molar-refractivity contribution in [2.24, 2.45) is 23.5 Å². The van der Waals surface area contributed by atoms with E-state index in [2.05, 4.69) is 31.0 Å². The van der Waals surface area contributed by atoms with Gasteiger partial charge >= 0.3 is 0 Å². The van der Waals surface area contributed by atoms with E-state index in [9.17, 15) is 35.1 Å². The van der Waals surface area contributed by atoms with Crippen LogP contribution in [-0.2, 0) is 17.8 Å². The molecule has 2 aromatic rings. The zero-order valence-electron chi connectivity index (χ0n) is 24.3. The van der Waals surface area contributed by atoms with E-state index in [1.165, 1.54) is 6.07 Å². The monoisotopic (exact) mass is 577 g/mol. The number of likely N-dealkylation sites (N-methyl/N-ethyl adjacent to an activating group) is 1. The maximum absolute atomic E-state index is 14.0. The highest BCUT2D eigenvalue weighted by atomic mass is 16.5. The Hall–Kier alpha value is -3.70. The van der Waals surface area contributed by atoms with E-state index in [0.29, 0.717) is 12.0 Å². The molecule has 4 atom stereocenters. The molecular weight excluding hydrogens is 538 g/mol. The van der Waals surface area contributed by atoms with Gasteiger partial charge in [-0.1, -0.05) is 31.2 Å². The van der Waals surface area contributed by atoms with Crippen LogP contribution in [0.1, 0.15) is 41.3 Å². The van der Waals surface area contributed by atoms with Gasteiger partial charge in [0.15, 0.2) is 5.78 Å². The number of nitrogens with zero attached hydrogens (tertiary/aromatic N) is 2. The molecule has 3 unspecified atom stereocenters. The van der Waals surface area contributed by atoms with Crippen molar-refractivity contribution in [1.82, 2.24) is 9.80 Å². The highest BCUT2D eigenvalue weighted by Gasteiger charge is 2.60. The van der Waals surface area contributed by atoms with Gasteiger partial charge in [-0.2, -0.15) is 0 Å². The van der Waals surface area contributed by atoms with E-state index in [1.807, 2.05) is 12.1 Å². The van der Waals surface area contributed by atoms with Crippen LogP contribution in [0.5, 0.6) is 5.75 Å². The summed E-state index contributed by atoms with van der Waals surface area (Å²) in [6, 6.07) is 10.4. The van der Waals surface area contributed by atoms with Gasteiger partial charge in [-0.3, -0.25) is 14.5 Å². The predicted octanol–water partition coefficient (Wildman–Crippen LogP) is 2.63. The fourth-order valence-corrected chi connectivity index (χ4v) is 7.44. The molecule has 7 N–H and O–H groups in total. The minimum atomic E-state index is -3.01. The van der Waals surface area contributed by atoms with Crippen molar-refractivity contribution < 1.29 is 35.1 Å². The lowest BCUT2D eigenvalue weighted by Gasteiger charge is -2.51. The number of phenols is 1. The van der Waals surface area contributed by atoms with E-state index in [4.69, 9.17) is 5.73 Å². The Labute approximate surface area is 245 Å². The molecule has 3 aliphatic carbocycles. The van der Waals surface area contributed by atoms with Crippen LogP contribution in [0.3, 0.4) is 0 Å². The minimum Gasteiger partial charge on any atom is -0.511 e. The molecule has 42 heavy (non-hydrogen) atoms. The molecule has 10 heteroatoms. The van der Waals surface area contributed by atoms with Gasteiger partial charge in [0, 0.05) is 12.1 Å². The molecule has 5 rings (SSSR count). The van der Waals surface area contributed by atoms with Crippen LogP contribution < -0.4 is 5.73 Å². The smallest absolute Gasteiger partial charge is 0.253 e. The second-order valence-electron chi connectivity index (χ2n) is 12.1. The summed E-state index contributed by atoms with van der Waals surface area (Å²) in [5.41, 5.74) is 8.10. The number of primary amides is 1. The number of nitrogens with two attached hydrogens (primary N) is 1. The van der Waals surface area contributed by atoms with Crippen molar-refractivity contribution in [1.29, 1.82) is 0 Å². The first kappa shape index (κ1) is 29.8. The number of carbonyl (C=O) groups excluding carboxylic acids is 2. The lowest BCUT2D eigenvalue weighted by molar-refractivity contribution is -0.200. The first-order valence-corrected chi connectivity index (χ1v) is 14.2. The van der Waals surface area contributed by atoms with Crippen molar-refractivity contribution in [3.63, 3.8) is 0 Å². The van der Waals surface area contributed by atoms with Crippen LogP contribution in [0.15, 0.2) is 59.1 Å². The quantitative estimate of drug-likeness (QED) is 0.271. The van der Waals surface area contributed by atoms with E-state index >= 15 is 0 Å². The van der Waals surface area contributed by atoms with Crippen molar-refractivity contribution in [3.8, 4) is 16.9 Å². The molecule has 1 amide bonds. The zero-order chi connectivity index (χ0) is 30.7. The van der Waals surface area contributed by atoms with Gasteiger partial charge in [0.2, 0.25) is 5.79 Å². The van der Waals surface area contributed by atoms with Crippen LogP contribution in [0.25, 0.3) is 11.1 Å². The summed E-state index contributed by atoms with van der Waals surface area (Å²) < 4.78 is 0. The third-order valence-corrected chi connectivity index (χ3v) is 9.02. The molecule has 0 aromatic heterocycles. The second-order valence-corrected chi connectivity index (χ2v) is 12.1. The number of Topliss-reactive ketones (excluding diaryl/α,β-unsaturated/α-hetero) is 1. The van der Waals surface area contributed by atoms with Crippen molar-refractivity contribution in [3.05, 3.63) is 75.8 Å². The summed E-state index contributed by atoms with van der Waals surface area (Å²) in [5, 5.41) is 55.7. The number of aromatic hydroxyl groups is 1. The summed E-state index contributed by atoms with van der Waals surface area (Å²) in [5.74, 6) is -9.02. The lowest BCUT2D eigenvalue weighted by atomic mass is 9.59.